The van der Waals surface area contributed by atoms with Gasteiger partial charge < -0.3 is 11.1 Å². The van der Waals surface area contributed by atoms with Gasteiger partial charge in [-0.3, -0.25) is 4.79 Å². The van der Waals surface area contributed by atoms with Gasteiger partial charge >= 0.3 is 0 Å². The Hall–Kier alpha value is -1.07. The molecule has 0 aromatic heterocycles. The average Bonchev–Trinajstić information content (AvgIpc) is 2.32. The smallest absolute Gasteiger partial charge is 0.237 e. The van der Waals surface area contributed by atoms with E-state index >= 15 is 0 Å². The average molecular weight is 270 g/mol. The number of likely N-dealkylation sites (N-methyl/N-ethyl adjacent to an activating group) is 1. The van der Waals surface area contributed by atoms with E-state index in [0.29, 0.717) is 23.6 Å². The minimum absolute atomic E-state index is 0.230. The summed E-state index contributed by atoms with van der Waals surface area (Å²) in [5, 5.41) is 3.08. The van der Waals surface area contributed by atoms with Crippen LogP contribution in [0.2, 0.25) is 0 Å². The molecule has 0 saturated heterocycles. The summed E-state index contributed by atoms with van der Waals surface area (Å²) in [5.41, 5.74) is 4.65. The van der Waals surface area contributed by atoms with E-state index in [9.17, 15) is 9.18 Å². The Labute approximate surface area is 111 Å². The Morgan fingerprint density at radius 2 is 2.17 bits per heavy atom. The third-order valence-electron chi connectivity index (χ3n) is 2.81. The van der Waals surface area contributed by atoms with E-state index in [-0.39, 0.29) is 11.7 Å². The second-order valence-electron chi connectivity index (χ2n) is 4.26. The lowest BCUT2D eigenvalue weighted by atomic mass is 9.98. The molecule has 100 valence electrons. The number of halogens is 1. The van der Waals surface area contributed by atoms with Gasteiger partial charge in [-0.15, -0.1) is 11.8 Å². The number of carbonyl (C=O) groups is 1. The van der Waals surface area contributed by atoms with E-state index in [1.54, 1.807) is 25.1 Å². The van der Waals surface area contributed by atoms with E-state index in [1.165, 1.54) is 17.8 Å². The highest BCUT2D eigenvalue weighted by molar-refractivity contribution is 7.99. The van der Waals surface area contributed by atoms with Crippen LogP contribution in [0.15, 0.2) is 29.2 Å². The van der Waals surface area contributed by atoms with Gasteiger partial charge in [0, 0.05) is 10.6 Å². The molecule has 0 aliphatic carbocycles. The molecular weight excluding hydrogens is 251 g/mol. The van der Waals surface area contributed by atoms with Crippen molar-refractivity contribution >= 4 is 17.7 Å². The molecule has 0 aliphatic heterocycles. The lowest BCUT2D eigenvalue weighted by molar-refractivity contribution is -0.123. The summed E-state index contributed by atoms with van der Waals surface area (Å²) in [5.74, 6) is 0.0260. The number of thioether (sulfide) groups is 1. The van der Waals surface area contributed by atoms with Gasteiger partial charge in [-0.25, -0.2) is 4.39 Å². The summed E-state index contributed by atoms with van der Waals surface area (Å²) in [6, 6.07) is 6.61. The van der Waals surface area contributed by atoms with Gasteiger partial charge in [0.2, 0.25) is 5.91 Å². The van der Waals surface area contributed by atoms with Crippen LogP contribution in [0.1, 0.15) is 20.3 Å². The van der Waals surface area contributed by atoms with Crippen molar-refractivity contribution in [2.75, 3.05) is 12.3 Å². The van der Waals surface area contributed by atoms with Crippen molar-refractivity contribution in [3.05, 3.63) is 30.1 Å². The van der Waals surface area contributed by atoms with Crippen LogP contribution >= 0.6 is 11.8 Å². The van der Waals surface area contributed by atoms with E-state index in [0.717, 1.165) is 0 Å². The molecule has 0 heterocycles. The fourth-order valence-corrected chi connectivity index (χ4v) is 2.73. The van der Waals surface area contributed by atoms with Crippen molar-refractivity contribution in [2.24, 2.45) is 5.73 Å². The van der Waals surface area contributed by atoms with Crippen LogP contribution in [0.25, 0.3) is 0 Å². The number of nitrogens with two attached hydrogens (primary N) is 1. The molecule has 3 N–H and O–H groups in total. The summed E-state index contributed by atoms with van der Waals surface area (Å²) >= 11 is 1.39. The molecule has 1 aromatic carbocycles. The first kappa shape index (κ1) is 15.0. The van der Waals surface area contributed by atoms with Crippen molar-refractivity contribution in [2.45, 2.75) is 30.7 Å². The Kier molecular flexibility index (Phi) is 5.62. The number of primary amides is 1. The summed E-state index contributed by atoms with van der Waals surface area (Å²) in [6.45, 7) is 4.37. The van der Waals surface area contributed by atoms with Crippen LogP contribution in [0.5, 0.6) is 0 Å². The lowest BCUT2D eigenvalue weighted by Gasteiger charge is -2.26. The number of amides is 1. The maximum absolute atomic E-state index is 13.4. The number of hydrogen-bond acceptors (Lipinski definition) is 3. The van der Waals surface area contributed by atoms with Crippen LogP contribution in [-0.2, 0) is 4.79 Å². The molecule has 0 bridgehead atoms. The first-order valence-corrected chi connectivity index (χ1v) is 6.90. The molecule has 5 heteroatoms. The Morgan fingerprint density at radius 3 is 2.72 bits per heavy atom. The number of rotatable bonds is 7. The zero-order valence-electron chi connectivity index (χ0n) is 10.7. The predicted molar refractivity (Wildman–Crippen MR) is 73.0 cm³/mol. The number of hydrogen-bond donors (Lipinski definition) is 2. The van der Waals surface area contributed by atoms with Gasteiger partial charge in [-0.05, 0) is 32.0 Å². The summed E-state index contributed by atoms with van der Waals surface area (Å²) in [6.07, 6.45) is 0.565. The minimum Gasteiger partial charge on any atom is -0.368 e. The van der Waals surface area contributed by atoms with Crippen LogP contribution in [0.4, 0.5) is 4.39 Å². The highest BCUT2D eigenvalue weighted by Crippen LogP contribution is 2.24. The van der Waals surface area contributed by atoms with Gasteiger partial charge in [0.25, 0.3) is 0 Å². The summed E-state index contributed by atoms with van der Waals surface area (Å²) in [7, 11) is 0. The van der Waals surface area contributed by atoms with E-state index < -0.39 is 5.54 Å². The summed E-state index contributed by atoms with van der Waals surface area (Å²) in [4.78, 5) is 12.0. The van der Waals surface area contributed by atoms with Crippen LogP contribution < -0.4 is 11.1 Å². The van der Waals surface area contributed by atoms with Gasteiger partial charge in [0.15, 0.2) is 0 Å². The number of nitrogens with one attached hydrogen (secondary N) is 1. The monoisotopic (exact) mass is 270 g/mol. The number of carbonyl (C=O) groups excluding carboxylic acids is 1. The third kappa shape index (κ3) is 3.99. The molecule has 1 amide bonds. The Balaban J connectivity index is 2.54. The molecule has 0 fully saturated rings. The molecule has 1 aromatic rings. The first-order chi connectivity index (χ1) is 8.49. The molecule has 1 rings (SSSR count). The van der Waals surface area contributed by atoms with Gasteiger partial charge in [-0.1, -0.05) is 19.1 Å². The topological polar surface area (TPSA) is 55.1 Å². The quantitative estimate of drug-likeness (QED) is 0.747. The molecule has 0 saturated carbocycles. The van der Waals surface area contributed by atoms with Gasteiger partial charge in [0.1, 0.15) is 5.82 Å². The van der Waals surface area contributed by atoms with Crippen molar-refractivity contribution in [3.63, 3.8) is 0 Å². The first-order valence-electron chi connectivity index (χ1n) is 5.92. The fraction of sp³-hybridized carbons (Fsp3) is 0.462. The normalized spacial score (nSPS) is 14.2. The zero-order chi connectivity index (χ0) is 13.6. The molecule has 1 atom stereocenters. The molecule has 3 nitrogen and oxygen atoms in total. The Morgan fingerprint density at radius 1 is 1.50 bits per heavy atom. The van der Waals surface area contributed by atoms with Crippen molar-refractivity contribution < 1.29 is 9.18 Å². The number of benzene rings is 1. The zero-order valence-corrected chi connectivity index (χ0v) is 11.5. The van der Waals surface area contributed by atoms with E-state index in [1.807, 2.05) is 6.92 Å². The maximum atomic E-state index is 13.4. The largest absolute Gasteiger partial charge is 0.368 e. The van der Waals surface area contributed by atoms with Crippen molar-refractivity contribution in [1.82, 2.24) is 5.32 Å². The van der Waals surface area contributed by atoms with Crippen LogP contribution in [-0.4, -0.2) is 23.7 Å². The fourth-order valence-electron chi connectivity index (χ4n) is 1.62. The standard InChI is InChI=1S/C13H19FN2OS/c1-3-16-13(2,12(15)17)8-9-18-11-7-5-4-6-10(11)14/h4-7,16H,3,8-9H2,1-2H3,(H2,15,17). The molecule has 18 heavy (non-hydrogen) atoms. The SMILES string of the molecule is CCNC(C)(CCSc1ccccc1F)C(N)=O. The second-order valence-corrected chi connectivity index (χ2v) is 5.39. The highest BCUT2D eigenvalue weighted by Gasteiger charge is 2.29. The predicted octanol–water partition coefficient (Wildman–Crippen LogP) is 2.16. The molecule has 0 aliphatic rings. The van der Waals surface area contributed by atoms with Gasteiger partial charge in [-0.2, -0.15) is 0 Å². The van der Waals surface area contributed by atoms with Crippen LogP contribution in [0, 0.1) is 5.82 Å². The highest BCUT2D eigenvalue weighted by atomic mass is 32.2. The van der Waals surface area contributed by atoms with E-state index in [4.69, 9.17) is 5.73 Å². The molecule has 1 unspecified atom stereocenters. The third-order valence-corrected chi connectivity index (χ3v) is 3.86. The lowest BCUT2D eigenvalue weighted by Crippen LogP contribution is -2.53. The van der Waals surface area contributed by atoms with Crippen molar-refractivity contribution in [1.29, 1.82) is 0 Å². The molecule has 0 radical (unpaired) electrons. The summed E-state index contributed by atoms with van der Waals surface area (Å²) < 4.78 is 13.4. The molecule has 0 spiro atoms. The maximum Gasteiger partial charge on any atom is 0.237 e. The van der Waals surface area contributed by atoms with Gasteiger partial charge in [0.05, 0.1) is 5.54 Å². The van der Waals surface area contributed by atoms with Crippen molar-refractivity contribution in [3.8, 4) is 0 Å². The Bertz CT molecular complexity index is 414. The minimum atomic E-state index is -0.729. The second kappa shape index (κ2) is 6.75. The molecular formula is C13H19FN2OS. The van der Waals surface area contributed by atoms with Crippen LogP contribution in [0.3, 0.4) is 0 Å². The van der Waals surface area contributed by atoms with E-state index in [2.05, 4.69) is 5.32 Å².